The average molecular weight is 425 g/mol. The minimum Gasteiger partial charge on any atom is -0.493 e. The first kappa shape index (κ1) is 21.0. The van der Waals surface area contributed by atoms with Crippen molar-refractivity contribution in [2.45, 2.75) is 46.3 Å². The molecule has 4 rings (SSSR count). The third kappa shape index (κ3) is 4.42. The number of piperidine rings is 1. The van der Waals surface area contributed by atoms with Crippen molar-refractivity contribution in [1.82, 2.24) is 19.8 Å². The summed E-state index contributed by atoms with van der Waals surface area (Å²) in [6.45, 7) is 7.46. The topological polar surface area (TPSA) is 82.6 Å². The summed E-state index contributed by atoms with van der Waals surface area (Å²) in [4.78, 5) is 15.1. The molecule has 1 fully saturated rings. The van der Waals surface area contributed by atoms with Crippen LogP contribution in [0.2, 0.25) is 0 Å². The van der Waals surface area contributed by atoms with Gasteiger partial charge < -0.3 is 18.9 Å². The van der Waals surface area contributed by atoms with E-state index in [0.29, 0.717) is 30.2 Å². The van der Waals surface area contributed by atoms with E-state index in [2.05, 4.69) is 10.3 Å². The molecule has 1 aliphatic rings. The van der Waals surface area contributed by atoms with Gasteiger partial charge in [0.25, 0.3) is 5.91 Å². The van der Waals surface area contributed by atoms with E-state index in [4.69, 9.17) is 14.0 Å². The molecule has 1 amide bonds. The fourth-order valence-electron chi connectivity index (χ4n) is 3.95. The second kappa shape index (κ2) is 8.83. The third-order valence-electron chi connectivity index (χ3n) is 5.75. The first-order chi connectivity index (χ1) is 15.0. The molecule has 2 aromatic heterocycles. The highest BCUT2D eigenvalue weighted by Gasteiger charge is 2.26. The van der Waals surface area contributed by atoms with Gasteiger partial charge in [-0.2, -0.15) is 5.10 Å². The summed E-state index contributed by atoms with van der Waals surface area (Å²) in [5, 5.41) is 8.38. The Balaban J connectivity index is 1.47. The molecule has 1 atom stereocenters. The minimum atomic E-state index is -0.0100. The summed E-state index contributed by atoms with van der Waals surface area (Å²) in [5.41, 5.74) is 3.42. The van der Waals surface area contributed by atoms with E-state index < -0.39 is 0 Å². The predicted octanol–water partition coefficient (Wildman–Crippen LogP) is 3.86. The lowest BCUT2D eigenvalue weighted by Gasteiger charge is -2.33. The van der Waals surface area contributed by atoms with Crippen LogP contribution in [-0.2, 0) is 6.61 Å². The smallest absolute Gasteiger partial charge is 0.254 e. The maximum atomic E-state index is 13.2. The molecule has 0 spiro atoms. The van der Waals surface area contributed by atoms with Gasteiger partial charge in [-0.15, -0.1) is 0 Å². The van der Waals surface area contributed by atoms with Crippen molar-refractivity contribution in [2.75, 3.05) is 20.2 Å². The van der Waals surface area contributed by atoms with Crippen LogP contribution in [0.1, 0.15) is 51.8 Å². The number of methoxy groups -OCH3 is 1. The van der Waals surface area contributed by atoms with Crippen LogP contribution >= 0.6 is 0 Å². The van der Waals surface area contributed by atoms with Gasteiger partial charge in [0.05, 0.1) is 30.6 Å². The first-order valence-corrected chi connectivity index (χ1v) is 10.5. The summed E-state index contributed by atoms with van der Waals surface area (Å²) < 4.78 is 18.6. The number of rotatable bonds is 6. The normalized spacial score (nSPS) is 16.4. The maximum Gasteiger partial charge on any atom is 0.254 e. The van der Waals surface area contributed by atoms with E-state index in [9.17, 15) is 4.79 Å². The standard InChI is InChI=1S/C23H28N4O4/c1-15-11-24-27(12-15)19-6-5-9-26(13-19)23(28)18-7-8-21(22(10-18)29-4)30-14-20-16(2)25-31-17(20)3/h7-8,10-12,19H,5-6,9,13-14H2,1-4H3. The van der Waals surface area contributed by atoms with Crippen LogP contribution < -0.4 is 9.47 Å². The Morgan fingerprint density at radius 3 is 2.77 bits per heavy atom. The fraction of sp³-hybridized carbons (Fsp3) is 0.435. The number of benzene rings is 1. The van der Waals surface area contributed by atoms with Crippen molar-refractivity contribution in [1.29, 1.82) is 0 Å². The lowest BCUT2D eigenvalue weighted by atomic mass is 10.0. The van der Waals surface area contributed by atoms with Crippen molar-refractivity contribution in [3.05, 3.63) is 58.7 Å². The maximum absolute atomic E-state index is 13.2. The zero-order valence-electron chi connectivity index (χ0n) is 18.4. The summed E-state index contributed by atoms with van der Waals surface area (Å²) >= 11 is 0. The largest absolute Gasteiger partial charge is 0.493 e. The summed E-state index contributed by atoms with van der Waals surface area (Å²) in [5.74, 6) is 1.82. The van der Waals surface area contributed by atoms with Crippen molar-refractivity contribution < 1.29 is 18.8 Å². The van der Waals surface area contributed by atoms with Crippen LogP contribution in [0.5, 0.6) is 11.5 Å². The van der Waals surface area contributed by atoms with Crippen LogP contribution in [0.25, 0.3) is 0 Å². The summed E-state index contributed by atoms with van der Waals surface area (Å²) in [7, 11) is 1.57. The molecule has 1 aliphatic heterocycles. The van der Waals surface area contributed by atoms with Gasteiger partial charge in [0.2, 0.25) is 0 Å². The van der Waals surface area contributed by atoms with Crippen LogP contribution in [0.4, 0.5) is 0 Å². The molecular formula is C23H28N4O4. The van der Waals surface area contributed by atoms with Crippen molar-refractivity contribution in [3.8, 4) is 11.5 Å². The Kier molecular flexibility index (Phi) is 5.97. The zero-order chi connectivity index (χ0) is 22.0. The summed E-state index contributed by atoms with van der Waals surface area (Å²) in [6, 6.07) is 5.51. The first-order valence-electron chi connectivity index (χ1n) is 10.5. The van der Waals surface area contributed by atoms with Gasteiger partial charge in [-0.1, -0.05) is 5.16 Å². The van der Waals surface area contributed by atoms with Crippen molar-refractivity contribution in [2.24, 2.45) is 0 Å². The number of aromatic nitrogens is 3. The second-order valence-corrected chi connectivity index (χ2v) is 8.00. The highest BCUT2D eigenvalue weighted by atomic mass is 16.5. The van der Waals surface area contributed by atoms with Gasteiger partial charge >= 0.3 is 0 Å². The highest BCUT2D eigenvalue weighted by Crippen LogP contribution is 2.31. The molecule has 8 nitrogen and oxygen atoms in total. The molecular weight excluding hydrogens is 396 g/mol. The van der Waals surface area contributed by atoms with Gasteiger partial charge in [0.15, 0.2) is 11.5 Å². The monoisotopic (exact) mass is 424 g/mol. The zero-order valence-corrected chi connectivity index (χ0v) is 18.4. The Morgan fingerprint density at radius 1 is 1.26 bits per heavy atom. The van der Waals surface area contributed by atoms with Crippen LogP contribution in [0.3, 0.4) is 0 Å². The van der Waals surface area contributed by atoms with E-state index in [1.807, 2.05) is 42.7 Å². The lowest BCUT2D eigenvalue weighted by molar-refractivity contribution is 0.0672. The van der Waals surface area contributed by atoms with E-state index >= 15 is 0 Å². The molecule has 31 heavy (non-hydrogen) atoms. The number of ether oxygens (including phenoxy) is 2. The van der Waals surface area contributed by atoms with E-state index in [0.717, 1.165) is 42.0 Å². The van der Waals surface area contributed by atoms with Gasteiger partial charge in [0, 0.05) is 24.8 Å². The molecule has 3 heterocycles. The van der Waals surface area contributed by atoms with Crippen LogP contribution in [0, 0.1) is 20.8 Å². The third-order valence-corrected chi connectivity index (χ3v) is 5.75. The highest BCUT2D eigenvalue weighted by molar-refractivity contribution is 5.95. The number of hydrogen-bond acceptors (Lipinski definition) is 6. The van der Waals surface area contributed by atoms with E-state index in [-0.39, 0.29) is 11.9 Å². The quantitative estimate of drug-likeness (QED) is 0.598. The van der Waals surface area contributed by atoms with Crippen LogP contribution in [0.15, 0.2) is 35.1 Å². The van der Waals surface area contributed by atoms with Crippen LogP contribution in [-0.4, -0.2) is 45.9 Å². The SMILES string of the molecule is COc1cc(C(=O)N2CCCC(n3cc(C)cn3)C2)ccc1OCc1c(C)noc1C. The van der Waals surface area contributed by atoms with Crippen molar-refractivity contribution >= 4 is 5.91 Å². The van der Waals surface area contributed by atoms with Gasteiger partial charge in [-0.25, -0.2) is 0 Å². The molecule has 1 aromatic carbocycles. The number of carbonyl (C=O) groups excluding carboxylic acids is 1. The lowest BCUT2D eigenvalue weighted by Crippen LogP contribution is -2.40. The number of carbonyl (C=O) groups is 1. The fourth-order valence-corrected chi connectivity index (χ4v) is 3.95. The van der Waals surface area contributed by atoms with Crippen molar-refractivity contribution in [3.63, 3.8) is 0 Å². The Hall–Kier alpha value is -3.29. The molecule has 1 saturated heterocycles. The molecule has 0 N–H and O–H groups in total. The summed E-state index contributed by atoms with van der Waals surface area (Å²) in [6.07, 6.45) is 5.85. The molecule has 0 aliphatic carbocycles. The molecule has 8 heteroatoms. The average Bonchev–Trinajstić information content (AvgIpc) is 3.36. The molecule has 3 aromatic rings. The number of aryl methyl sites for hydroxylation is 3. The molecule has 0 radical (unpaired) electrons. The number of hydrogen-bond donors (Lipinski definition) is 0. The van der Waals surface area contributed by atoms with E-state index in [1.54, 1.807) is 25.3 Å². The van der Waals surface area contributed by atoms with Gasteiger partial charge in [-0.05, 0) is 57.4 Å². The Morgan fingerprint density at radius 2 is 2.10 bits per heavy atom. The Bertz CT molecular complexity index is 1050. The van der Waals surface area contributed by atoms with Gasteiger partial charge in [0.1, 0.15) is 12.4 Å². The number of nitrogens with zero attached hydrogens (tertiary/aromatic N) is 4. The molecule has 164 valence electrons. The minimum absolute atomic E-state index is 0.0100. The van der Waals surface area contributed by atoms with Gasteiger partial charge in [-0.3, -0.25) is 9.48 Å². The predicted molar refractivity (Wildman–Crippen MR) is 114 cm³/mol. The number of likely N-dealkylation sites (tertiary alicyclic amines) is 1. The molecule has 1 unspecified atom stereocenters. The molecule has 0 bridgehead atoms. The Labute approximate surface area is 181 Å². The second-order valence-electron chi connectivity index (χ2n) is 8.00. The molecule has 0 saturated carbocycles. The number of amides is 1. The van der Waals surface area contributed by atoms with E-state index in [1.165, 1.54) is 0 Å².